The number of hydrogen-bond donors (Lipinski definition) is 0. The zero-order chi connectivity index (χ0) is 17.5. The van der Waals surface area contributed by atoms with Crippen LogP contribution >= 0.6 is 0 Å². The van der Waals surface area contributed by atoms with Crippen LogP contribution in [0.2, 0.25) is 0 Å². The fraction of sp³-hybridized carbons (Fsp3) is 0.353. The summed E-state index contributed by atoms with van der Waals surface area (Å²) in [5.74, 6) is -0.0799. The first-order valence-corrected chi connectivity index (χ1v) is 9.25. The summed E-state index contributed by atoms with van der Waals surface area (Å²) < 4.78 is 27.5. The number of carbonyl (C=O) groups excluding carboxylic acids is 1. The van der Waals surface area contributed by atoms with Gasteiger partial charge in [0.25, 0.3) is 5.91 Å². The summed E-state index contributed by atoms with van der Waals surface area (Å²) in [6, 6.07) is 10.1. The predicted molar refractivity (Wildman–Crippen MR) is 91.2 cm³/mol. The number of nitrogens with zero attached hydrogens (tertiary/aromatic N) is 3. The topological polar surface area (TPSA) is 62.6 Å². The summed E-state index contributed by atoms with van der Waals surface area (Å²) in [4.78, 5) is 14.8. The molecule has 1 amide bonds. The van der Waals surface area contributed by atoms with Gasteiger partial charge in [-0.15, -0.1) is 0 Å². The fourth-order valence-electron chi connectivity index (χ4n) is 3.00. The second-order valence-corrected chi connectivity index (χ2v) is 8.26. The minimum atomic E-state index is -3.48. The van der Waals surface area contributed by atoms with E-state index in [1.54, 1.807) is 12.1 Å². The molecule has 1 aliphatic heterocycles. The molecule has 3 rings (SSSR count). The molecular formula is C17H21N3O3S. The molecule has 0 bridgehead atoms. The molecule has 2 heterocycles. The molecule has 1 atom stereocenters. The Balaban J connectivity index is 1.84. The summed E-state index contributed by atoms with van der Waals surface area (Å²) in [6.45, 7) is 3.42. The van der Waals surface area contributed by atoms with Gasteiger partial charge < -0.3 is 9.47 Å². The zero-order valence-corrected chi connectivity index (χ0v) is 14.8. The maximum absolute atomic E-state index is 12.8. The highest BCUT2D eigenvalue weighted by Gasteiger charge is 2.28. The molecule has 1 aromatic carbocycles. The van der Waals surface area contributed by atoms with Gasteiger partial charge in [-0.1, -0.05) is 0 Å². The molecule has 0 N–H and O–H groups in total. The van der Waals surface area contributed by atoms with E-state index in [-0.39, 0.29) is 16.8 Å². The molecule has 2 aromatic rings. The first-order valence-electron chi connectivity index (χ1n) is 7.81. The van der Waals surface area contributed by atoms with Crippen molar-refractivity contribution < 1.29 is 13.2 Å². The Morgan fingerprint density at radius 3 is 2.42 bits per heavy atom. The van der Waals surface area contributed by atoms with E-state index in [9.17, 15) is 13.2 Å². The highest BCUT2D eigenvalue weighted by molar-refractivity contribution is 7.89. The third-order valence-corrected chi connectivity index (χ3v) is 6.31. The van der Waals surface area contributed by atoms with Crippen molar-refractivity contribution >= 4 is 15.9 Å². The maximum atomic E-state index is 12.8. The van der Waals surface area contributed by atoms with Crippen molar-refractivity contribution in [2.45, 2.75) is 24.4 Å². The van der Waals surface area contributed by atoms with Crippen LogP contribution in [0, 0.1) is 0 Å². The molecule has 0 spiro atoms. The third-order valence-electron chi connectivity index (χ3n) is 4.48. The molecule has 0 aliphatic carbocycles. The van der Waals surface area contributed by atoms with E-state index in [2.05, 4.69) is 4.57 Å². The third kappa shape index (κ3) is 2.74. The molecule has 6 nitrogen and oxygen atoms in total. The summed E-state index contributed by atoms with van der Waals surface area (Å²) in [5.41, 5.74) is 1.61. The first kappa shape index (κ1) is 16.7. The maximum Gasteiger partial charge on any atom is 0.254 e. The smallest absolute Gasteiger partial charge is 0.254 e. The van der Waals surface area contributed by atoms with Gasteiger partial charge in [0.05, 0.1) is 10.9 Å². The van der Waals surface area contributed by atoms with Crippen molar-refractivity contribution in [3.8, 4) is 0 Å². The number of rotatable bonds is 3. The van der Waals surface area contributed by atoms with Crippen LogP contribution in [0.25, 0.3) is 0 Å². The summed E-state index contributed by atoms with van der Waals surface area (Å²) in [5, 5.41) is 0. The van der Waals surface area contributed by atoms with Crippen LogP contribution in [0.5, 0.6) is 0 Å². The lowest BCUT2D eigenvalue weighted by Crippen LogP contribution is -2.40. The van der Waals surface area contributed by atoms with E-state index in [1.807, 2.05) is 30.2 Å². The van der Waals surface area contributed by atoms with Crippen LogP contribution in [0.15, 0.2) is 47.5 Å². The van der Waals surface area contributed by atoms with Gasteiger partial charge in [-0.3, -0.25) is 4.79 Å². The molecule has 1 aromatic heterocycles. The predicted octanol–water partition coefficient (Wildman–Crippen LogP) is 1.96. The molecule has 0 fully saturated rings. The van der Waals surface area contributed by atoms with Gasteiger partial charge in [-0.05, 0) is 43.3 Å². The fourth-order valence-corrected chi connectivity index (χ4v) is 3.90. The molecule has 7 heteroatoms. The number of hydrogen-bond acceptors (Lipinski definition) is 3. The van der Waals surface area contributed by atoms with Crippen molar-refractivity contribution in [2.24, 2.45) is 0 Å². The minimum Gasteiger partial charge on any atom is -0.348 e. The van der Waals surface area contributed by atoms with Gasteiger partial charge in [0.15, 0.2) is 0 Å². The Kier molecular flexibility index (Phi) is 4.23. The standard InChI is InChI=1S/C17H21N3O3S/c1-13-16-5-4-10-19(16)11-12-20(13)17(21)14-6-8-15(9-7-14)24(22,23)18(2)3/h4-10,13H,11-12H2,1-3H3. The molecular weight excluding hydrogens is 326 g/mol. The summed E-state index contributed by atoms with van der Waals surface area (Å²) >= 11 is 0. The van der Waals surface area contributed by atoms with Crippen LogP contribution in [-0.4, -0.2) is 48.7 Å². The lowest BCUT2D eigenvalue weighted by molar-refractivity contribution is 0.0644. The van der Waals surface area contributed by atoms with Gasteiger partial charge in [0.1, 0.15) is 0 Å². The van der Waals surface area contributed by atoms with E-state index >= 15 is 0 Å². The second-order valence-electron chi connectivity index (χ2n) is 6.11. The van der Waals surface area contributed by atoms with Crippen molar-refractivity contribution in [1.29, 1.82) is 0 Å². The Morgan fingerprint density at radius 2 is 1.79 bits per heavy atom. The van der Waals surface area contributed by atoms with Crippen LogP contribution in [0.4, 0.5) is 0 Å². The highest BCUT2D eigenvalue weighted by Crippen LogP contribution is 2.27. The van der Waals surface area contributed by atoms with Gasteiger partial charge >= 0.3 is 0 Å². The Bertz CT molecular complexity index is 853. The number of benzene rings is 1. The largest absolute Gasteiger partial charge is 0.348 e. The Morgan fingerprint density at radius 1 is 1.12 bits per heavy atom. The van der Waals surface area contributed by atoms with Gasteiger partial charge in [0, 0.05) is 44.6 Å². The van der Waals surface area contributed by atoms with Crippen LogP contribution in [0.1, 0.15) is 29.0 Å². The van der Waals surface area contributed by atoms with E-state index < -0.39 is 10.0 Å². The molecule has 0 saturated carbocycles. The van der Waals surface area contributed by atoms with E-state index in [4.69, 9.17) is 0 Å². The number of sulfonamides is 1. The Hall–Kier alpha value is -2.12. The lowest BCUT2D eigenvalue weighted by atomic mass is 10.1. The molecule has 128 valence electrons. The van der Waals surface area contributed by atoms with Crippen LogP contribution in [0.3, 0.4) is 0 Å². The second kappa shape index (κ2) is 6.07. The minimum absolute atomic E-state index is 0.00793. The van der Waals surface area contributed by atoms with Gasteiger partial charge in [-0.25, -0.2) is 12.7 Å². The van der Waals surface area contributed by atoms with Crippen LogP contribution in [-0.2, 0) is 16.6 Å². The molecule has 1 unspecified atom stereocenters. The van der Waals surface area contributed by atoms with Crippen LogP contribution < -0.4 is 0 Å². The quantitative estimate of drug-likeness (QED) is 0.853. The summed E-state index contributed by atoms with van der Waals surface area (Å²) in [7, 11) is -0.512. The monoisotopic (exact) mass is 347 g/mol. The number of fused-ring (bicyclic) bond motifs is 1. The average molecular weight is 347 g/mol. The number of carbonyl (C=O) groups is 1. The van der Waals surface area contributed by atoms with E-state index in [0.717, 1.165) is 16.5 Å². The van der Waals surface area contributed by atoms with Crippen molar-refractivity contribution in [3.05, 3.63) is 53.9 Å². The van der Waals surface area contributed by atoms with Gasteiger partial charge in [-0.2, -0.15) is 0 Å². The van der Waals surface area contributed by atoms with Crippen molar-refractivity contribution in [2.75, 3.05) is 20.6 Å². The SMILES string of the molecule is CC1c2cccn2CCN1C(=O)c1ccc(S(=O)(=O)N(C)C)cc1. The van der Waals surface area contributed by atoms with Crippen molar-refractivity contribution in [3.63, 3.8) is 0 Å². The average Bonchev–Trinajstić information content (AvgIpc) is 3.04. The van der Waals surface area contributed by atoms with E-state index in [1.165, 1.54) is 26.2 Å². The molecule has 0 saturated heterocycles. The summed E-state index contributed by atoms with van der Waals surface area (Å²) in [6.07, 6.45) is 2.02. The number of amides is 1. The molecule has 1 aliphatic rings. The normalized spacial score (nSPS) is 17.8. The number of aromatic nitrogens is 1. The molecule has 0 radical (unpaired) electrons. The van der Waals surface area contributed by atoms with Gasteiger partial charge in [0.2, 0.25) is 10.0 Å². The molecule has 24 heavy (non-hydrogen) atoms. The lowest BCUT2D eigenvalue weighted by Gasteiger charge is -2.35. The highest BCUT2D eigenvalue weighted by atomic mass is 32.2. The van der Waals surface area contributed by atoms with Crippen molar-refractivity contribution in [1.82, 2.24) is 13.8 Å². The van der Waals surface area contributed by atoms with E-state index in [0.29, 0.717) is 12.1 Å². The first-order chi connectivity index (χ1) is 11.3. The zero-order valence-electron chi connectivity index (χ0n) is 14.0. The Labute approximate surface area is 142 Å².